The molecule has 0 spiro atoms. The van der Waals surface area contributed by atoms with Crippen LogP contribution in [0.4, 0.5) is 0 Å². The number of primary sulfonamides is 1. The van der Waals surface area contributed by atoms with Crippen LogP contribution in [0.3, 0.4) is 0 Å². The number of rotatable bonds is 13. The third-order valence-corrected chi connectivity index (χ3v) is 4.22. The summed E-state index contributed by atoms with van der Waals surface area (Å²) in [6, 6.07) is 0. The van der Waals surface area contributed by atoms with E-state index in [1.807, 2.05) is 0 Å². The standard InChI is InChI=1S/C14H31NO3S/c1-3-5-10-14(4-2)13-18-11-8-6-7-9-12-19(15,16)17/h14H,3-13H2,1-2H3,(H2,15,16,17). The Morgan fingerprint density at radius 1 is 1.05 bits per heavy atom. The van der Waals surface area contributed by atoms with Crippen LogP contribution in [-0.4, -0.2) is 27.4 Å². The Kier molecular flexibility index (Phi) is 11.6. The highest BCUT2D eigenvalue weighted by molar-refractivity contribution is 7.89. The fraction of sp³-hybridized carbons (Fsp3) is 1.00. The van der Waals surface area contributed by atoms with Crippen molar-refractivity contribution in [3.05, 3.63) is 0 Å². The van der Waals surface area contributed by atoms with Gasteiger partial charge in [-0.2, -0.15) is 0 Å². The molecule has 0 saturated heterocycles. The Hall–Kier alpha value is -0.130. The molecule has 5 heteroatoms. The van der Waals surface area contributed by atoms with Crippen LogP contribution >= 0.6 is 0 Å². The first kappa shape index (κ1) is 18.9. The van der Waals surface area contributed by atoms with E-state index in [1.165, 1.54) is 25.7 Å². The molecule has 1 unspecified atom stereocenters. The molecule has 2 N–H and O–H groups in total. The Balaban J connectivity index is 3.34. The van der Waals surface area contributed by atoms with E-state index in [0.717, 1.165) is 32.5 Å². The Morgan fingerprint density at radius 3 is 2.32 bits per heavy atom. The number of hydrogen-bond acceptors (Lipinski definition) is 3. The maximum atomic E-state index is 10.7. The molecule has 1 atom stereocenters. The predicted octanol–water partition coefficient (Wildman–Crippen LogP) is 3.07. The van der Waals surface area contributed by atoms with Gasteiger partial charge in [0.2, 0.25) is 10.0 Å². The highest BCUT2D eigenvalue weighted by Crippen LogP contribution is 2.13. The van der Waals surface area contributed by atoms with Crippen molar-refractivity contribution in [3.8, 4) is 0 Å². The third kappa shape index (κ3) is 14.1. The van der Waals surface area contributed by atoms with Crippen LogP contribution in [0.15, 0.2) is 0 Å². The van der Waals surface area contributed by atoms with Gasteiger partial charge in [-0.25, -0.2) is 13.6 Å². The maximum absolute atomic E-state index is 10.7. The van der Waals surface area contributed by atoms with Crippen LogP contribution in [0.1, 0.15) is 65.2 Å². The summed E-state index contributed by atoms with van der Waals surface area (Å²) in [7, 11) is -3.28. The summed E-state index contributed by atoms with van der Waals surface area (Å²) in [5.74, 6) is 0.797. The second kappa shape index (κ2) is 11.7. The minimum Gasteiger partial charge on any atom is -0.381 e. The van der Waals surface area contributed by atoms with Gasteiger partial charge in [0.15, 0.2) is 0 Å². The zero-order chi connectivity index (χ0) is 14.6. The van der Waals surface area contributed by atoms with Gasteiger partial charge in [0, 0.05) is 13.2 Å². The molecule has 0 aliphatic carbocycles. The van der Waals surface area contributed by atoms with Crippen molar-refractivity contribution in [1.29, 1.82) is 0 Å². The number of hydrogen-bond donors (Lipinski definition) is 1. The molecule has 0 aliphatic heterocycles. The minimum atomic E-state index is -3.28. The van der Waals surface area contributed by atoms with E-state index in [9.17, 15) is 8.42 Å². The summed E-state index contributed by atoms with van der Waals surface area (Å²) in [4.78, 5) is 0. The first-order valence-electron chi connectivity index (χ1n) is 7.57. The molecule has 0 radical (unpaired) electrons. The van der Waals surface area contributed by atoms with Crippen LogP contribution in [0, 0.1) is 5.92 Å². The molecule has 116 valence electrons. The second-order valence-electron chi connectivity index (χ2n) is 5.27. The molecular weight excluding hydrogens is 262 g/mol. The summed E-state index contributed by atoms with van der Waals surface area (Å²) in [5, 5.41) is 4.93. The summed E-state index contributed by atoms with van der Waals surface area (Å²) in [6.45, 7) is 6.09. The molecule has 4 nitrogen and oxygen atoms in total. The normalized spacial score (nSPS) is 13.6. The molecule has 0 aromatic heterocycles. The second-order valence-corrected chi connectivity index (χ2v) is 7.01. The molecule has 0 aliphatic rings. The molecule has 0 saturated carbocycles. The van der Waals surface area contributed by atoms with E-state index in [2.05, 4.69) is 13.8 Å². The van der Waals surface area contributed by atoms with Gasteiger partial charge in [-0.05, 0) is 25.2 Å². The van der Waals surface area contributed by atoms with Gasteiger partial charge in [0.1, 0.15) is 0 Å². The van der Waals surface area contributed by atoms with E-state index in [0.29, 0.717) is 12.3 Å². The van der Waals surface area contributed by atoms with Crippen LogP contribution in [-0.2, 0) is 14.8 Å². The molecule has 0 bridgehead atoms. The molecule has 0 aromatic carbocycles. The van der Waals surface area contributed by atoms with Crippen molar-refractivity contribution in [3.63, 3.8) is 0 Å². The molecule has 19 heavy (non-hydrogen) atoms. The summed E-state index contributed by atoms with van der Waals surface area (Å²) < 4.78 is 27.1. The van der Waals surface area contributed by atoms with Gasteiger partial charge in [0.25, 0.3) is 0 Å². The first-order chi connectivity index (χ1) is 8.99. The lowest BCUT2D eigenvalue weighted by molar-refractivity contribution is 0.0909. The van der Waals surface area contributed by atoms with Gasteiger partial charge in [0.05, 0.1) is 5.75 Å². The lowest BCUT2D eigenvalue weighted by Crippen LogP contribution is -2.16. The average molecular weight is 293 g/mol. The van der Waals surface area contributed by atoms with Crippen molar-refractivity contribution in [2.24, 2.45) is 11.1 Å². The lowest BCUT2D eigenvalue weighted by atomic mass is 10.0. The van der Waals surface area contributed by atoms with E-state index in [4.69, 9.17) is 9.88 Å². The molecule has 0 rings (SSSR count). The molecule has 0 heterocycles. The van der Waals surface area contributed by atoms with E-state index < -0.39 is 10.0 Å². The zero-order valence-electron chi connectivity index (χ0n) is 12.6. The predicted molar refractivity (Wildman–Crippen MR) is 80.6 cm³/mol. The largest absolute Gasteiger partial charge is 0.381 e. The topological polar surface area (TPSA) is 69.4 Å². The van der Waals surface area contributed by atoms with Crippen LogP contribution < -0.4 is 5.14 Å². The van der Waals surface area contributed by atoms with Gasteiger partial charge in [-0.3, -0.25) is 0 Å². The smallest absolute Gasteiger partial charge is 0.209 e. The van der Waals surface area contributed by atoms with E-state index in [-0.39, 0.29) is 5.75 Å². The SMILES string of the molecule is CCCCC(CC)COCCCCCCS(N)(=O)=O. The third-order valence-electron chi connectivity index (χ3n) is 3.36. The zero-order valence-corrected chi connectivity index (χ0v) is 13.4. The fourth-order valence-corrected chi connectivity index (χ4v) is 2.62. The van der Waals surface area contributed by atoms with E-state index >= 15 is 0 Å². The van der Waals surface area contributed by atoms with Gasteiger partial charge in [-0.1, -0.05) is 46.0 Å². The summed E-state index contributed by atoms with van der Waals surface area (Å²) in [5.41, 5.74) is 0. The van der Waals surface area contributed by atoms with Crippen molar-refractivity contribution < 1.29 is 13.2 Å². The van der Waals surface area contributed by atoms with Crippen molar-refractivity contribution >= 4 is 10.0 Å². The van der Waals surface area contributed by atoms with E-state index in [1.54, 1.807) is 0 Å². The molecule has 0 amide bonds. The number of unbranched alkanes of at least 4 members (excludes halogenated alkanes) is 4. The van der Waals surface area contributed by atoms with Gasteiger partial charge < -0.3 is 4.74 Å². The summed E-state index contributed by atoms with van der Waals surface area (Å²) >= 11 is 0. The average Bonchev–Trinajstić information content (AvgIpc) is 2.35. The Bertz CT molecular complexity index is 291. The monoisotopic (exact) mass is 293 g/mol. The lowest BCUT2D eigenvalue weighted by Gasteiger charge is -2.14. The molecular formula is C14H31NO3S. The molecule has 0 fully saturated rings. The highest BCUT2D eigenvalue weighted by Gasteiger charge is 2.05. The van der Waals surface area contributed by atoms with Crippen LogP contribution in [0.5, 0.6) is 0 Å². The Labute approximate surface area is 119 Å². The quantitative estimate of drug-likeness (QED) is 0.531. The Morgan fingerprint density at radius 2 is 1.74 bits per heavy atom. The first-order valence-corrected chi connectivity index (χ1v) is 9.29. The van der Waals surface area contributed by atoms with Crippen LogP contribution in [0.2, 0.25) is 0 Å². The number of ether oxygens (including phenoxy) is 1. The number of sulfonamides is 1. The van der Waals surface area contributed by atoms with Crippen molar-refractivity contribution in [1.82, 2.24) is 0 Å². The fourth-order valence-electron chi connectivity index (χ4n) is 2.01. The summed E-state index contributed by atoms with van der Waals surface area (Å²) in [6.07, 6.45) is 8.58. The molecule has 0 aromatic rings. The minimum absolute atomic E-state index is 0.1000. The number of nitrogens with two attached hydrogens (primary N) is 1. The van der Waals surface area contributed by atoms with Crippen molar-refractivity contribution in [2.45, 2.75) is 65.2 Å². The van der Waals surface area contributed by atoms with Gasteiger partial charge in [-0.15, -0.1) is 0 Å². The van der Waals surface area contributed by atoms with Crippen molar-refractivity contribution in [2.75, 3.05) is 19.0 Å². The van der Waals surface area contributed by atoms with Crippen LogP contribution in [0.25, 0.3) is 0 Å². The van der Waals surface area contributed by atoms with Gasteiger partial charge >= 0.3 is 0 Å². The highest BCUT2D eigenvalue weighted by atomic mass is 32.2. The maximum Gasteiger partial charge on any atom is 0.209 e.